The number of rotatable bonds is 7. The Balaban J connectivity index is 1.31. The standard InChI is InChI=1S/C21H20N4O2S2/c1-13-19(15-5-2-3-6-16(15)23-13)17-12-29-21(24-17)25-18(26)7-4-9-22-20(27)14-8-10-28-11-14/h2-3,5-6,8,10-12,23H,4,7,9H2,1H3,(H,22,27)(H,24,25,26). The van der Waals surface area contributed by atoms with Crippen LogP contribution >= 0.6 is 22.7 Å². The number of nitrogens with zero attached hydrogens (tertiary/aromatic N) is 1. The van der Waals surface area contributed by atoms with Crippen LogP contribution in [0.1, 0.15) is 28.9 Å². The lowest BCUT2D eigenvalue weighted by Gasteiger charge is -2.04. The highest BCUT2D eigenvalue weighted by Crippen LogP contribution is 2.33. The summed E-state index contributed by atoms with van der Waals surface area (Å²) in [5.41, 5.74) is 4.69. The van der Waals surface area contributed by atoms with Gasteiger partial charge in [-0.25, -0.2) is 4.98 Å². The molecule has 29 heavy (non-hydrogen) atoms. The second kappa shape index (κ2) is 8.59. The molecule has 4 aromatic rings. The molecule has 0 aliphatic heterocycles. The first-order valence-corrected chi connectivity index (χ1v) is 11.1. The molecule has 0 radical (unpaired) electrons. The van der Waals surface area contributed by atoms with Crippen LogP contribution in [0.3, 0.4) is 0 Å². The van der Waals surface area contributed by atoms with Crippen LogP contribution in [0.4, 0.5) is 5.13 Å². The van der Waals surface area contributed by atoms with Gasteiger partial charge in [0.05, 0.1) is 5.69 Å². The number of aryl methyl sites for hydroxylation is 1. The maximum atomic E-state index is 12.2. The van der Waals surface area contributed by atoms with Gasteiger partial charge in [0.15, 0.2) is 5.13 Å². The first-order valence-electron chi connectivity index (χ1n) is 9.25. The number of carbonyl (C=O) groups is 2. The molecule has 0 bridgehead atoms. The highest BCUT2D eigenvalue weighted by atomic mass is 32.1. The fourth-order valence-corrected chi connectivity index (χ4v) is 4.53. The van der Waals surface area contributed by atoms with E-state index in [4.69, 9.17) is 0 Å². The Bertz CT molecular complexity index is 1140. The van der Waals surface area contributed by atoms with Gasteiger partial charge in [-0.3, -0.25) is 9.59 Å². The van der Waals surface area contributed by atoms with Crippen molar-refractivity contribution in [1.82, 2.24) is 15.3 Å². The minimum atomic E-state index is -0.106. The van der Waals surface area contributed by atoms with Crippen molar-refractivity contribution in [1.29, 1.82) is 0 Å². The molecule has 6 nitrogen and oxygen atoms in total. The second-order valence-electron chi connectivity index (χ2n) is 6.63. The van der Waals surface area contributed by atoms with Gasteiger partial charge in [-0.1, -0.05) is 18.2 Å². The lowest BCUT2D eigenvalue weighted by atomic mass is 10.1. The van der Waals surface area contributed by atoms with Gasteiger partial charge in [-0.05, 0) is 30.9 Å². The lowest BCUT2D eigenvalue weighted by Crippen LogP contribution is -2.25. The summed E-state index contributed by atoms with van der Waals surface area (Å²) in [4.78, 5) is 32.0. The van der Waals surface area contributed by atoms with E-state index in [9.17, 15) is 9.59 Å². The number of amides is 2. The van der Waals surface area contributed by atoms with E-state index in [0.717, 1.165) is 27.9 Å². The Morgan fingerprint density at radius 1 is 1.17 bits per heavy atom. The molecule has 4 rings (SSSR count). The third-order valence-electron chi connectivity index (χ3n) is 4.55. The number of H-pyrrole nitrogens is 1. The van der Waals surface area contributed by atoms with E-state index in [0.29, 0.717) is 30.1 Å². The normalized spacial score (nSPS) is 10.9. The smallest absolute Gasteiger partial charge is 0.252 e. The number of thiophene rings is 1. The summed E-state index contributed by atoms with van der Waals surface area (Å²) in [5, 5.41) is 13.0. The number of carbonyl (C=O) groups excluding carboxylic acids is 2. The molecule has 3 N–H and O–H groups in total. The monoisotopic (exact) mass is 424 g/mol. The molecule has 1 aromatic carbocycles. The van der Waals surface area contributed by atoms with Crippen molar-refractivity contribution in [3.05, 3.63) is 57.7 Å². The molecular weight excluding hydrogens is 404 g/mol. The fraction of sp³-hybridized carbons (Fsp3) is 0.190. The molecule has 3 heterocycles. The molecule has 3 aromatic heterocycles. The predicted molar refractivity (Wildman–Crippen MR) is 119 cm³/mol. The molecule has 2 amide bonds. The molecule has 0 aliphatic carbocycles. The lowest BCUT2D eigenvalue weighted by molar-refractivity contribution is -0.116. The van der Waals surface area contributed by atoms with Crippen LogP contribution in [0.5, 0.6) is 0 Å². The number of aromatic amines is 1. The van der Waals surface area contributed by atoms with Crippen LogP contribution in [0.25, 0.3) is 22.2 Å². The Labute approximate surface area is 176 Å². The van der Waals surface area contributed by atoms with Gasteiger partial charge in [-0.15, -0.1) is 11.3 Å². The van der Waals surface area contributed by atoms with Gasteiger partial charge in [-0.2, -0.15) is 11.3 Å². The summed E-state index contributed by atoms with van der Waals surface area (Å²) >= 11 is 2.89. The third-order valence-corrected chi connectivity index (χ3v) is 5.99. The first kappa shape index (κ1) is 19.4. The van der Waals surface area contributed by atoms with E-state index >= 15 is 0 Å². The quantitative estimate of drug-likeness (QED) is 0.372. The molecule has 0 saturated heterocycles. The summed E-state index contributed by atoms with van der Waals surface area (Å²) in [7, 11) is 0. The highest BCUT2D eigenvalue weighted by Gasteiger charge is 2.14. The Morgan fingerprint density at radius 3 is 2.86 bits per heavy atom. The minimum Gasteiger partial charge on any atom is -0.358 e. The maximum absolute atomic E-state index is 12.2. The van der Waals surface area contributed by atoms with Crippen molar-refractivity contribution in [2.75, 3.05) is 11.9 Å². The van der Waals surface area contributed by atoms with Crippen LogP contribution in [0, 0.1) is 6.92 Å². The molecule has 0 fully saturated rings. The maximum Gasteiger partial charge on any atom is 0.252 e. The number of anilines is 1. The van der Waals surface area contributed by atoms with Crippen molar-refractivity contribution >= 4 is 50.5 Å². The van der Waals surface area contributed by atoms with Crippen molar-refractivity contribution in [3.63, 3.8) is 0 Å². The van der Waals surface area contributed by atoms with Crippen molar-refractivity contribution in [2.24, 2.45) is 0 Å². The molecule has 0 aliphatic rings. The van der Waals surface area contributed by atoms with Crippen LogP contribution < -0.4 is 10.6 Å². The minimum absolute atomic E-state index is 0.105. The first-order chi connectivity index (χ1) is 14.1. The fourth-order valence-electron chi connectivity index (χ4n) is 3.18. The van der Waals surface area contributed by atoms with Gasteiger partial charge in [0.1, 0.15) is 0 Å². The Kier molecular flexibility index (Phi) is 5.73. The molecule has 0 spiro atoms. The van der Waals surface area contributed by atoms with Crippen LogP contribution in [-0.2, 0) is 4.79 Å². The zero-order chi connectivity index (χ0) is 20.2. The number of fused-ring (bicyclic) bond motifs is 1. The van der Waals surface area contributed by atoms with E-state index in [2.05, 4.69) is 26.7 Å². The SMILES string of the molecule is Cc1[nH]c2ccccc2c1-c1csc(NC(=O)CCCNC(=O)c2ccsc2)n1. The van der Waals surface area contributed by atoms with Crippen molar-refractivity contribution < 1.29 is 9.59 Å². The van der Waals surface area contributed by atoms with E-state index in [1.807, 2.05) is 35.9 Å². The van der Waals surface area contributed by atoms with Crippen LogP contribution in [-0.4, -0.2) is 28.3 Å². The molecule has 8 heteroatoms. The zero-order valence-corrected chi connectivity index (χ0v) is 17.5. The third kappa shape index (κ3) is 4.38. The number of thiazole rings is 1. The van der Waals surface area contributed by atoms with Crippen LogP contribution in [0.2, 0.25) is 0 Å². The largest absolute Gasteiger partial charge is 0.358 e. The number of nitrogens with one attached hydrogen (secondary N) is 3. The van der Waals surface area contributed by atoms with E-state index < -0.39 is 0 Å². The zero-order valence-electron chi connectivity index (χ0n) is 15.8. The van der Waals surface area contributed by atoms with Gasteiger partial charge < -0.3 is 15.6 Å². The second-order valence-corrected chi connectivity index (χ2v) is 8.27. The topological polar surface area (TPSA) is 86.9 Å². The van der Waals surface area contributed by atoms with Crippen molar-refractivity contribution in [3.8, 4) is 11.3 Å². The number of para-hydroxylation sites is 1. The number of aromatic nitrogens is 2. The van der Waals surface area contributed by atoms with Gasteiger partial charge in [0.2, 0.25) is 5.91 Å². The molecule has 0 atom stereocenters. The van der Waals surface area contributed by atoms with Gasteiger partial charge in [0.25, 0.3) is 5.91 Å². The summed E-state index contributed by atoms with van der Waals surface area (Å²) in [6, 6.07) is 9.89. The van der Waals surface area contributed by atoms with Crippen LogP contribution in [0.15, 0.2) is 46.5 Å². The summed E-state index contributed by atoms with van der Waals surface area (Å²) in [6.45, 7) is 2.48. The van der Waals surface area contributed by atoms with E-state index in [1.165, 1.54) is 22.7 Å². The Hall–Kier alpha value is -2.97. The summed E-state index contributed by atoms with van der Waals surface area (Å²) < 4.78 is 0. The number of hydrogen-bond acceptors (Lipinski definition) is 5. The summed E-state index contributed by atoms with van der Waals surface area (Å²) in [5.74, 6) is -0.211. The predicted octanol–water partition coefficient (Wildman–Crippen LogP) is 4.81. The molecule has 148 valence electrons. The molecule has 0 unspecified atom stereocenters. The molecule has 0 saturated carbocycles. The van der Waals surface area contributed by atoms with Crippen molar-refractivity contribution in [2.45, 2.75) is 19.8 Å². The highest BCUT2D eigenvalue weighted by molar-refractivity contribution is 7.14. The van der Waals surface area contributed by atoms with E-state index in [-0.39, 0.29) is 11.8 Å². The van der Waals surface area contributed by atoms with Gasteiger partial charge >= 0.3 is 0 Å². The van der Waals surface area contributed by atoms with Gasteiger partial charge in [0, 0.05) is 51.4 Å². The molecular formula is C21H20N4O2S2. The van der Waals surface area contributed by atoms with E-state index in [1.54, 1.807) is 11.4 Å². The Morgan fingerprint density at radius 2 is 2.03 bits per heavy atom. The average Bonchev–Trinajstić information content (AvgIpc) is 3.44. The summed E-state index contributed by atoms with van der Waals surface area (Å²) in [6.07, 6.45) is 0.895. The average molecular weight is 425 g/mol. The number of hydrogen-bond donors (Lipinski definition) is 3. The number of benzene rings is 1.